The fraction of sp³-hybridized carbons (Fsp3) is 1.00. The van der Waals surface area contributed by atoms with Gasteiger partial charge >= 0.3 is 0 Å². The average molecular weight is 146 g/mol. The van der Waals surface area contributed by atoms with Gasteiger partial charge < -0.3 is 10.0 Å². The van der Waals surface area contributed by atoms with Crippen LogP contribution in [-0.2, 0) is 0 Å². The van der Waals surface area contributed by atoms with E-state index >= 15 is 0 Å². The van der Waals surface area contributed by atoms with Gasteiger partial charge in [-0.3, -0.25) is 4.90 Å². The van der Waals surface area contributed by atoms with E-state index in [4.69, 9.17) is 0 Å². The highest BCUT2D eigenvalue weighted by Gasteiger charge is 2.22. The van der Waals surface area contributed by atoms with Crippen LogP contribution in [0.2, 0.25) is 0 Å². The first-order valence-electron chi connectivity index (χ1n) is 3.41. The predicted molar refractivity (Wildman–Crippen MR) is 42.9 cm³/mol. The van der Waals surface area contributed by atoms with Crippen LogP contribution in [0.5, 0.6) is 0 Å². The van der Waals surface area contributed by atoms with Crippen molar-refractivity contribution in [1.29, 1.82) is 0 Å². The van der Waals surface area contributed by atoms with Gasteiger partial charge in [-0.1, -0.05) is 0 Å². The van der Waals surface area contributed by atoms with Crippen molar-refractivity contribution in [3.05, 3.63) is 0 Å². The van der Waals surface area contributed by atoms with Crippen LogP contribution < -0.4 is 0 Å². The summed E-state index contributed by atoms with van der Waals surface area (Å²) in [6.45, 7) is 2.45. The zero-order valence-corrected chi connectivity index (χ0v) is 7.55. The molecule has 10 heavy (non-hydrogen) atoms. The summed E-state index contributed by atoms with van der Waals surface area (Å²) in [6.07, 6.45) is 0. The molecule has 0 saturated carbocycles. The highest BCUT2D eigenvalue weighted by atomic mass is 16.3. The van der Waals surface area contributed by atoms with Gasteiger partial charge in [-0.2, -0.15) is 0 Å². The quantitative estimate of drug-likeness (QED) is 0.559. The second-order valence-corrected chi connectivity index (χ2v) is 3.35. The lowest BCUT2D eigenvalue weighted by molar-refractivity contribution is -0.0800. The van der Waals surface area contributed by atoms with Gasteiger partial charge in [0.2, 0.25) is 0 Å². The van der Waals surface area contributed by atoms with Crippen LogP contribution in [0.3, 0.4) is 0 Å². The summed E-state index contributed by atoms with van der Waals surface area (Å²) in [4.78, 5) is 3.76. The topological polar surface area (TPSA) is 26.7 Å². The zero-order valence-electron chi connectivity index (χ0n) is 7.55. The minimum absolute atomic E-state index is 0.653. The van der Waals surface area contributed by atoms with E-state index in [9.17, 15) is 5.11 Å². The Hall–Kier alpha value is -0.120. The number of nitrogens with zero attached hydrogens (tertiary/aromatic N) is 2. The smallest absolute Gasteiger partial charge is 0.127 e. The van der Waals surface area contributed by atoms with E-state index in [-0.39, 0.29) is 0 Å². The monoisotopic (exact) mass is 146 g/mol. The van der Waals surface area contributed by atoms with Crippen LogP contribution in [0.25, 0.3) is 0 Å². The van der Waals surface area contributed by atoms with Gasteiger partial charge in [-0.05, 0) is 35.1 Å². The first-order valence-corrected chi connectivity index (χ1v) is 3.41. The molecule has 0 heterocycles. The fourth-order valence-corrected chi connectivity index (χ4v) is 0.740. The second kappa shape index (κ2) is 3.32. The molecule has 0 amide bonds. The Kier molecular flexibility index (Phi) is 3.28. The Morgan fingerprint density at radius 3 is 1.70 bits per heavy atom. The van der Waals surface area contributed by atoms with Gasteiger partial charge in [0, 0.05) is 6.54 Å². The van der Waals surface area contributed by atoms with Crippen molar-refractivity contribution in [1.82, 2.24) is 9.80 Å². The molecule has 0 spiro atoms. The van der Waals surface area contributed by atoms with Crippen molar-refractivity contribution in [3.63, 3.8) is 0 Å². The van der Waals surface area contributed by atoms with E-state index in [0.29, 0.717) is 6.54 Å². The Morgan fingerprint density at radius 2 is 1.60 bits per heavy atom. The molecule has 1 atom stereocenters. The maximum atomic E-state index is 9.65. The first kappa shape index (κ1) is 9.88. The lowest BCUT2D eigenvalue weighted by Gasteiger charge is -2.33. The number of rotatable bonds is 3. The molecular formula is C7H18N2O. The molecule has 0 saturated heterocycles. The summed E-state index contributed by atoms with van der Waals surface area (Å²) < 4.78 is 0. The van der Waals surface area contributed by atoms with Gasteiger partial charge in [0.15, 0.2) is 0 Å². The number of aliphatic hydroxyl groups is 1. The lowest BCUT2D eigenvalue weighted by Crippen LogP contribution is -2.48. The van der Waals surface area contributed by atoms with E-state index in [1.807, 2.05) is 33.1 Å². The van der Waals surface area contributed by atoms with Crippen LogP contribution in [0.15, 0.2) is 0 Å². The number of likely N-dealkylation sites (N-methyl/N-ethyl adjacent to an activating group) is 2. The van der Waals surface area contributed by atoms with Crippen molar-refractivity contribution in [2.75, 3.05) is 34.7 Å². The Bertz CT molecular complexity index is 99.8. The molecule has 0 aromatic carbocycles. The molecule has 0 rings (SSSR count). The molecule has 0 aliphatic rings. The molecule has 0 aliphatic heterocycles. The number of hydrogen-bond donors (Lipinski definition) is 1. The summed E-state index contributed by atoms with van der Waals surface area (Å²) in [6, 6.07) is 0. The number of hydrogen-bond acceptors (Lipinski definition) is 3. The highest BCUT2D eigenvalue weighted by molar-refractivity contribution is 4.71. The van der Waals surface area contributed by atoms with Crippen molar-refractivity contribution < 1.29 is 5.11 Å². The van der Waals surface area contributed by atoms with E-state index in [0.717, 1.165) is 0 Å². The standard InChI is InChI=1S/C7H18N2O/c1-7(10,9(4)5)6-8(2)3/h10H,6H2,1-5H3. The minimum atomic E-state index is -0.719. The van der Waals surface area contributed by atoms with Crippen molar-refractivity contribution >= 4 is 0 Å². The average Bonchev–Trinajstić information content (AvgIpc) is 1.60. The van der Waals surface area contributed by atoms with Crippen molar-refractivity contribution in [2.24, 2.45) is 0 Å². The summed E-state index contributed by atoms with van der Waals surface area (Å²) in [5, 5.41) is 9.65. The largest absolute Gasteiger partial charge is 0.375 e. The van der Waals surface area contributed by atoms with Crippen molar-refractivity contribution in [3.8, 4) is 0 Å². The van der Waals surface area contributed by atoms with E-state index in [1.165, 1.54) is 0 Å². The molecule has 0 aliphatic carbocycles. The molecule has 1 unspecified atom stereocenters. The normalized spacial score (nSPS) is 18.0. The molecule has 0 fully saturated rings. The molecule has 0 radical (unpaired) electrons. The van der Waals surface area contributed by atoms with Crippen LogP contribution in [0, 0.1) is 0 Å². The zero-order chi connectivity index (χ0) is 8.36. The van der Waals surface area contributed by atoms with Crippen molar-refractivity contribution in [2.45, 2.75) is 12.6 Å². The van der Waals surface area contributed by atoms with E-state index in [1.54, 1.807) is 11.8 Å². The van der Waals surface area contributed by atoms with Gasteiger partial charge in [-0.15, -0.1) is 0 Å². The van der Waals surface area contributed by atoms with Gasteiger partial charge in [0.1, 0.15) is 5.72 Å². The third-order valence-electron chi connectivity index (χ3n) is 1.58. The molecule has 1 N–H and O–H groups in total. The lowest BCUT2D eigenvalue weighted by atomic mass is 10.2. The summed E-state index contributed by atoms with van der Waals surface area (Å²) in [5.74, 6) is 0. The Labute approximate surface area is 63.2 Å². The Balaban J connectivity index is 3.87. The first-order chi connectivity index (χ1) is 4.36. The third kappa shape index (κ3) is 3.15. The van der Waals surface area contributed by atoms with Crippen LogP contribution in [-0.4, -0.2) is 55.4 Å². The van der Waals surface area contributed by atoms with E-state index in [2.05, 4.69) is 0 Å². The van der Waals surface area contributed by atoms with E-state index < -0.39 is 5.72 Å². The maximum Gasteiger partial charge on any atom is 0.127 e. The molecule has 0 aromatic heterocycles. The SMILES string of the molecule is CN(C)CC(C)(O)N(C)C. The van der Waals surface area contributed by atoms with Crippen LogP contribution in [0.4, 0.5) is 0 Å². The van der Waals surface area contributed by atoms with Gasteiger partial charge in [0.05, 0.1) is 0 Å². The van der Waals surface area contributed by atoms with Gasteiger partial charge in [-0.25, -0.2) is 0 Å². The third-order valence-corrected chi connectivity index (χ3v) is 1.58. The second-order valence-electron chi connectivity index (χ2n) is 3.35. The summed E-state index contributed by atoms with van der Waals surface area (Å²) >= 11 is 0. The predicted octanol–water partition coefficient (Wildman–Crippen LogP) is -0.182. The van der Waals surface area contributed by atoms with Crippen LogP contribution >= 0.6 is 0 Å². The summed E-state index contributed by atoms with van der Waals surface area (Å²) in [5.41, 5.74) is -0.719. The van der Waals surface area contributed by atoms with Gasteiger partial charge in [0.25, 0.3) is 0 Å². The highest BCUT2D eigenvalue weighted by Crippen LogP contribution is 2.06. The van der Waals surface area contributed by atoms with Crippen LogP contribution in [0.1, 0.15) is 6.92 Å². The molecule has 0 bridgehead atoms. The Morgan fingerprint density at radius 1 is 1.20 bits per heavy atom. The molecule has 0 aromatic rings. The molecular weight excluding hydrogens is 128 g/mol. The molecule has 3 heteroatoms. The fourth-order valence-electron chi connectivity index (χ4n) is 0.740. The summed E-state index contributed by atoms with van der Waals surface area (Å²) in [7, 11) is 7.61. The molecule has 3 nitrogen and oxygen atoms in total. The maximum absolute atomic E-state index is 9.65. The molecule has 62 valence electrons. The minimum Gasteiger partial charge on any atom is -0.375 e.